The normalized spacial score (nSPS) is 17.4. The molecule has 0 spiro atoms. The molecule has 128 valence electrons. The van der Waals surface area contributed by atoms with Crippen LogP contribution in [0, 0.1) is 0 Å². The van der Waals surface area contributed by atoms with Gasteiger partial charge < -0.3 is 4.90 Å². The summed E-state index contributed by atoms with van der Waals surface area (Å²) in [5.74, 6) is -0.618. The van der Waals surface area contributed by atoms with E-state index in [2.05, 4.69) is 6.58 Å². The molecule has 1 aromatic carbocycles. The Kier molecular flexibility index (Phi) is 5.39. The Hall–Kier alpha value is -2.63. The van der Waals surface area contributed by atoms with E-state index in [-0.39, 0.29) is 18.4 Å². The van der Waals surface area contributed by atoms with Gasteiger partial charge in [0.25, 0.3) is 5.91 Å². The molecule has 4 amide bonds. The second-order valence-electron chi connectivity index (χ2n) is 5.95. The number of hydrogen-bond donors (Lipinski definition) is 0. The van der Waals surface area contributed by atoms with E-state index in [4.69, 9.17) is 0 Å². The number of likely N-dealkylation sites (N-methyl/N-ethyl adjacent to an activating group) is 1. The number of carbonyl (C=O) groups is 3. The number of para-hydroxylation sites is 1. The lowest BCUT2D eigenvalue weighted by atomic mass is 10.2. The van der Waals surface area contributed by atoms with Crippen LogP contribution in [0.2, 0.25) is 0 Å². The molecule has 24 heavy (non-hydrogen) atoms. The van der Waals surface area contributed by atoms with Crippen molar-refractivity contribution >= 4 is 23.5 Å². The van der Waals surface area contributed by atoms with E-state index in [1.54, 1.807) is 36.1 Å². The lowest BCUT2D eigenvalue weighted by molar-refractivity contribution is -0.136. The number of anilines is 1. The van der Waals surface area contributed by atoms with Gasteiger partial charge in [-0.05, 0) is 32.9 Å². The van der Waals surface area contributed by atoms with E-state index >= 15 is 0 Å². The second-order valence-corrected chi connectivity index (χ2v) is 5.95. The molecule has 1 saturated heterocycles. The smallest absolute Gasteiger partial charge is 0.332 e. The lowest BCUT2D eigenvalue weighted by Gasteiger charge is -2.23. The van der Waals surface area contributed by atoms with Crippen LogP contribution in [-0.4, -0.2) is 53.3 Å². The predicted molar refractivity (Wildman–Crippen MR) is 92.6 cm³/mol. The molecule has 0 saturated carbocycles. The summed E-state index contributed by atoms with van der Waals surface area (Å²) in [5, 5.41) is 0. The number of nitrogens with zero attached hydrogens (tertiary/aromatic N) is 3. The number of rotatable bonds is 6. The van der Waals surface area contributed by atoms with Gasteiger partial charge in [-0.2, -0.15) is 0 Å². The Labute approximate surface area is 142 Å². The molecule has 0 aromatic heterocycles. The summed E-state index contributed by atoms with van der Waals surface area (Å²) in [7, 11) is 0. The molecule has 6 nitrogen and oxygen atoms in total. The number of amides is 4. The van der Waals surface area contributed by atoms with Gasteiger partial charge >= 0.3 is 6.03 Å². The quantitative estimate of drug-likeness (QED) is 0.594. The van der Waals surface area contributed by atoms with Crippen molar-refractivity contribution in [2.45, 2.75) is 26.8 Å². The number of hydrogen-bond acceptors (Lipinski definition) is 3. The van der Waals surface area contributed by atoms with Crippen molar-refractivity contribution in [3.05, 3.63) is 42.5 Å². The summed E-state index contributed by atoms with van der Waals surface area (Å²) in [5.41, 5.74) is 1.50. The fourth-order valence-corrected chi connectivity index (χ4v) is 2.73. The molecule has 1 fully saturated rings. The van der Waals surface area contributed by atoms with Crippen LogP contribution in [0.3, 0.4) is 0 Å². The van der Waals surface area contributed by atoms with Crippen LogP contribution in [0.1, 0.15) is 20.8 Å². The van der Waals surface area contributed by atoms with Crippen molar-refractivity contribution in [2.75, 3.05) is 24.5 Å². The lowest BCUT2D eigenvalue weighted by Crippen LogP contribution is -2.44. The fraction of sp³-hybridized carbons (Fsp3) is 0.389. The Balaban J connectivity index is 2.16. The number of carbonyl (C=O) groups excluding carboxylic acids is 3. The average molecular weight is 329 g/mol. The van der Waals surface area contributed by atoms with Gasteiger partial charge in [-0.25, -0.2) is 4.79 Å². The van der Waals surface area contributed by atoms with E-state index in [1.807, 2.05) is 19.9 Å². The Morgan fingerprint density at radius 1 is 1.25 bits per heavy atom. The van der Waals surface area contributed by atoms with E-state index in [0.717, 1.165) is 10.5 Å². The number of urea groups is 1. The van der Waals surface area contributed by atoms with Crippen LogP contribution in [0.15, 0.2) is 42.5 Å². The molecule has 0 bridgehead atoms. The highest BCUT2D eigenvalue weighted by molar-refractivity contribution is 6.15. The van der Waals surface area contributed by atoms with Gasteiger partial charge in [0, 0.05) is 18.8 Å². The zero-order valence-electron chi connectivity index (χ0n) is 14.4. The van der Waals surface area contributed by atoms with Gasteiger partial charge in [-0.15, -0.1) is 0 Å². The number of benzene rings is 1. The largest absolute Gasteiger partial charge is 0.337 e. The zero-order valence-corrected chi connectivity index (χ0v) is 14.4. The van der Waals surface area contributed by atoms with Gasteiger partial charge in [0.05, 0.1) is 0 Å². The maximum atomic E-state index is 12.6. The maximum Gasteiger partial charge on any atom is 0.332 e. The summed E-state index contributed by atoms with van der Waals surface area (Å²) in [4.78, 5) is 41.5. The van der Waals surface area contributed by atoms with Gasteiger partial charge in [-0.3, -0.25) is 19.4 Å². The minimum absolute atomic E-state index is 0.244. The second kappa shape index (κ2) is 7.29. The minimum atomic E-state index is -0.621. The summed E-state index contributed by atoms with van der Waals surface area (Å²) in [6.07, 6.45) is 0. The molecular weight excluding hydrogens is 306 g/mol. The first-order chi connectivity index (χ1) is 11.4. The van der Waals surface area contributed by atoms with Crippen molar-refractivity contribution in [2.24, 2.45) is 0 Å². The predicted octanol–water partition coefficient (Wildman–Crippen LogP) is 2.27. The van der Waals surface area contributed by atoms with Crippen molar-refractivity contribution in [3.8, 4) is 0 Å². The molecule has 1 atom stereocenters. The Bertz CT molecular complexity index is 657. The molecule has 0 unspecified atom stereocenters. The van der Waals surface area contributed by atoms with Crippen molar-refractivity contribution in [1.29, 1.82) is 0 Å². The number of imide groups is 1. The minimum Gasteiger partial charge on any atom is -0.337 e. The van der Waals surface area contributed by atoms with Gasteiger partial charge in [0.15, 0.2) is 0 Å². The van der Waals surface area contributed by atoms with E-state index in [0.29, 0.717) is 18.8 Å². The molecule has 1 heterocycles. The standard InChI is InChI=1S/C18H23N3O3/c1-5-19(11-13(2)3)16(22)12-20-17(23)14(4)21(18(20)24)15-9-7-6-8-10-15/h6-10,14H,2,5,11-12H2,1,3-4H3/t14-/m0/s1. The van der Waals surface area contributed by atoms with Gasteiger partial charge in [0.1, 0.15) is 12.6 Å². The van der Waals surface area contributed by atoms with E-state index in [9.17, 15) is 14.4 Å². The molecule has 1 aromatic rings. The fourth-order valence-electron chi connectivity index (χ4n) is 2.73. The van der Waals surface area contributed by atoms with Gasteiger partial charge in [0.2, 0.25) is 5.91 Å². The molecule has 0 radical (unpaired) electrons. The third-order valence-corrected chi connectivity index (χ3v) is 3.97. The van der Waals surface area contributed by atoms with E-state index < -0.39 is 12.1 Å². The highest BCUT2D eigenvalue weighted by Gasteiger charge is 2.44. The first kappa shape index (κ1) is 17.7. The highest BCUT2D eigenvalue weighted by Crippen LogP contribution is 2.25. The summed E-state index contributed by atoms with van der Waals surface area (Å²) in [6.45, 7) is 9.84. The first-order valence-corrected chi connectivity index (χ1v) is 7.98. The summed E-state index contributed by atoms with van der Waals surface area (Å²) < 4.78 is 0. The molecular formula is C18H23N3O3. The molecule has 6 heteroatoms. The van der Waals surface area contributed by atoms with Crippen LogP contribution in [0.4, 0.5) is 10.5 Å². The van der Waals surface area contributed by atoms with Crippen LogP contribution in [-0.2, 0) is 9.59 Å². The van der Waals surface area contributed by atoms with Crippen molar-refractivity contribution in [3.63, 3.8) is 0 Å². The molecule has 0 N–H and O–H groups in total. The third-order valence-electron chi connectivity index (χ3n) is 3.97. The summed E-state index contributed by atoms with van der Waals surface area (Å²) >= 11 is 0. The van der Waals surface area contributed by atoms with Crippen LogP contribution in [0.5, 0.6) is 0 Å². The Morgan fingerprint density at radius 3 is 2.42 bits per heavy atom. The third kappa shape index (κ3) is 3.48. The van der Waals surface area contributed by atoms with Crippen molar-refractivity contribution < 1.29 is 14.4 Å². The van der Waals surface area contributed by atoms with Crippen LogP contribution in [0.25, 0.3) is 0 Å². The maximum absolute atomic E-state index is 12.6. The SMILES string of the molecule is C=C(C)CN(CC)C(=O)CN1C(=O)[C@H](C)N(c2ccccc2)C1=O. The first-order valence-electron chi connectivity index (χ1n) is 7.98. The molecule has 1 aliphatic heterocycles. The van der Waals surface area contributed by atoms with E-state index in [1.165, 1.54) is 4.90 Å². The molecule has 2 rings (SSSR count). The molecule has 0 aliphatic carbocycles. The van der Waals surface area contributed by atoms with Gasteiger partial charge in [-0.1, -0.05) is 30.4 Å². The highest BCUT2D eigenvalue weighted by atomic mass is 16.2. The van der Waals surface area contributed by atoms with Crippen LogP contribution < -0.4 is 4.90 Å². The monoisotopic (exact) mass is 329 g/mol. The average Bonchev–Trinajstić information content (AvgIpc) is 2.76. The Morgan fingerprint density at radius 2 is 1.88 bits per heavy atom. The zero-order chi connectivity index (χ0) is 17.9. The van der Waals surface area contributed by atoms with Crippen LogP contribution >= 0.6 is 0 Å². The van der Waals surface area contributed by atoms with Crippen molar-refractivity contribution in [1.82, 2.24) is 9.80 Å². The summed E-state index contributed by atoms with van der Waals surface area (Å²) in [6, 6.07) is 7.91. The topological polar surface area (TPSA) is 60.9 Å². The molecule has 1 aliphatic rings.